The van der Waals surface area contributed by atoms with Gasteiger partial charge in [-0.15, -0.1) is 11.3 Å². The molecule has 0 aliphatic carbocycles. The van der Waals surface area contributed by atoms with Gasteiger partial charge in [0.1, 0.15) is 0 Å². The summed E-state index contributed by atoms with van der Waals surface area (Å²) in [5.74, 6) is 0. The van der Waals surface area contributed by atoms with Crippen molar-refractivity contribution in [3.8, 4) is 39.1 Å². The molecule has 0 amide bonds. The lowest BCUT2D eigenvalue weighted by atomic mass is 10.0. The number of para-hydroxylation sites is 3. The van der Waals surface area contributed by atoms with E-state index in [1.807, 2.05) is 11.3 Å². The van der Waals surface area contributed by atoms with Crippen LogP contribution in [0.2, 0.25) is 0 Å². The van der Waals surface area contributed by atoms with Crippen LogP contribution < -0.4 is 4.90 Å². The molecule has 0 saturated carbocycles. The second-order valence-electron chi connectivity index (χ2n) is 14.5. The van der Waals surface area contributed by atoms with Crippen LogP contribution in [0.3, 0.4) is 0 Å². The summed E-state index contributed by atoms with van der Waals surface area (Å²) in [7, 11) is 0. The fourth-order valence-corrected chi connectivity index (χ4v) is 9.62. The summed E-state index contributed by atoms with van der Waals surface area (Å²) in [6.45, 7) is 0. The van der Waals surface area contributed by atoms with Crippen molar-refractivity contribution in [2.24, 2.45) is 0 Å². The van der Waals surface area contributed by atoms with Crippen molar-refractivity contribution in [3.63, 3.8) is 0 Å². The zero-order valence-corrected chi connectivity index (χ0v) is 31.9. The zero-order valence-electron chi connectivity index (χ0n) is 31.1. The minimum absolute atomic E-state index is 1.10. The van der Waals surface area contributed by atoms with Gasteiger partial charge < -0.3 is 9.47 Å². The molecular weight excluding hydrogens is 709 g/mol. The smallest absolute Gasteiger partial charge is 0.0541 e. The van der Waals surface area contributed by atoms with Gasteiger partial charge >= 0.3 is 0 Å². The Labute approximate surface area is 335 Å². The van der Waals surface area contributed by atoms with Crippen LogP contribution in [-0.2, 0) is 0 Å². The van der Waals surface area contributed by atoms with E-state index < -0.39 is 0 Å². The average Bonchev–Trinajstić information content (AvgIpc) is 3.83. The highest BCUT2D eigenvalue weighted by molar-refractivity contribution is 7.25. The number of aromatic nitrogens is 1. The van der Waals surface area contributed by atoms with Gasteiger partial charge in [-0.1, -0.05) is 152 Å². The van der Waals surface area contributed by atoms with E-state index in [0.717, 1.165) is 17.1 Å². The molecule has 0 radical (unpaired) electrons. The average molecular weight is 745 g/mol. The first-order valence-electron chi connectivity index (χ1n) is 19.4. The molecule has 0 N–H and O–H groups in total. The summed E-state index contributed by atoms with van der Waals surface area (Å²) < 4.78 is 5.06. The van der Waals surface area contributed by atoms with Gasteiger partial charge in [0.15, 0.2) is 0 Å². The first kappa shape index (κ1) is 33.2. The number of hydrogen-bond acceptors (Lipinski definition) is 2. The fraction of sp³-hybridized carbons (Fsp3) is 0. The van der Waals surface area contributed by atoms with Crippen LogP contribution in [0.5, 0.6) is 0 Å². The minimum Gasteiger partial charge on any atom is -0.311 e. The Morgan fingerprint density at radius 3 is 1.42 bits per heavy atom. The Balaban J connectivity index is 0.986. The summed E-state index contributed by atoms with van der Waals surface area (Å²) in [6.07, 6.45) is 0. The Hall–Kier alpha value is -7.20. The van der Waals surface area contributed by atoms with Crippen LogP contribution in [0.1, 0.15) is 0 Å². The molecule has 0 spiro atoms. The lowest BCUT2D eigenvalue weighted by Gasteiger charge is -2.26. The van der Waals surface area contributed by atoms with Gasteiger partial charge in [0, 0.05) is 53.6 Å². The standard InChI is InChI=1S/C54H36N2S/c1-2-12-37(13-3-1)38-22-29-42(30-23-38)55(43-31-24-39(25-32-43)41-28-35-49-48-17-7-11-21-53(48)57-54(49)36-41)44-33-26-40(27-34-44)45-14-4-8-18-50(45)56-51-19-9-5-15-46(51)47-16-6-10-20-52(47)56/h1-36H. The number of fused-ring (bicyclic) bond motifs is 6. The highest BCUT2D eigenvalue weighted by atomic mass is 32.1. The predicted octanol–water partition coefficient (Wildman–Crippen LogP) is 15.6. The molecule has 0 aliphatic heterocycles. The van der Waals surface area contributed by atoms with Gasteiger partial charge in [0.25, 0.3) is 0 Å². The van der Waals surface area contributed by atoms with E-state index in [4.69, 9.17) is 0 Å². The quantitative estimate of drug-likeness (QED) is 0.158. The zero-order chi connectivity index (χ0) is 37.7. The van der Waals surface area contributed by atoms with E-state index in [2.05, 4.69) is 228 Å². The molecule has 0 bridgehead atoms. The Morgan fingerprint density at radius 1 is 0.316 bits per heavy atom. The minimum atomic E-state index is 1.10. The molecule has 268 valence electrons. The highest BCUT2D eigenvalue weighted by Gasteiger charge is 2.17. The Kier molecular flexibility index (Phi) is 8.04. The molecule has 57 heavy (non-hydrogen) atoms. The molecule has 0 aliphatic rings. The Bertz CT molecular complexity index is 3160. The van der Waals surface area contributed by atoms with Gasteiger partial charge in [-0.2, -0.15) is 0 Å². The number of nitrogens with zero attached hydrogens (tertiary/aromatic N) is 2. The molecule has 11 aromatic rings. The second-order valence-corrected chi connectivity index (χ2v) is 15.6. The van der Waals surface area contributed by atoms with E-state index in [9.17, 15) is 0 Å². The third-order valence-electron chi connectivity index (χ3n) is 11.2. The molecule has 0 unspecified atom stereocenters. The third-order valence-corrected chi connectivity index (χ3v) is 12.4. The van der Waals surface area contributed by atoms with E-state index in [1.165, 1.54) is 81.0 Å². The van der Waals surface area contributed by atoms with Gasteiger partial charge in [-0.05, 0) is 94.5 Å². The van der Waals surface area contributed by atoms with E-state index in [1.54, 1.807) is 0 Å². The number of benzene rings is 9. The van der Waals surface area contributed by atoms with E-state index in [-0.39, 0.29) is 0 Å². The number of thiophene rings is 1. The summed E-state index contributed by atoms with van der Waals surface area (Å²) >= 11 is 1.86. The topological polar surface area (TPSA) is 8.17 Å². The van der Waals surface area contributed by atoms with E-state index >= 15 is 0 Å². The lowest BCUT2D eigenvalue weighted by Crippen LogP contribution is -2.09. The fourth-order valence-electron chi connectivity index (χ4n) is 8.47. The molecule has 3 heteroatoms. The monoisotopic (exact) mass is 744 g/mol. The molecule has 2 heterocycles. The Morgan fingerprint density at radius 2 is 0.772 bits per heavy atom. The van der Waals surface area contributed by atoms with Crippen molar-refractivity contribution < 1.29 is 0 Å². The summed E-state index contributed by atoms with van der Waals surface area (Å²) in [5.41, 5.74) is 14.1. The molecule has 2 nitrogen and oxygen atoms in total. The van der Waals surface area contributed by atoms with Gasteiger partial charge in [-0.25, -0.2) is 0 Å². The number of anilines is 3. The summed E-state index contributed by atoms with van der Waals surface area (Å²) in [6, 6.07) is 79.3. The molecule has 11 rings (SSSR count). The normalized spacial score (nSPS) is 11.5. The van der Waals surface area contributed by atoms with Crippen LogP contribution in [0, 0.1) is 0 Å². The SMILES string of the molecule is c1ccc(-c2ccc(N(c3ccc(-c4ccc5c(c4)sc4ccccc45)cc3)c3ccc(-c4ccccc4-n4c5ccccc5c5ccccc54)cc3)cc2)cc1. The molecule has 0 saturated heterocycles. The molecule has 2 aromatic heterocycles. The largest absolute Gasteiger partial charge is 0.311 e. The van der Waals surface area contributed by atoms with Gasteiger partial charge in [0.2, 0.25) is 0 Å². The predicted molar refractivity (Wildman–Crippen MR) is 245 cm³/mol. The van der Waals surface area contributed by atoms with Crippen LogP contribution in [-0.4, -0.2) is 4.57 Å². The van der Waals surface area contributed by atoms with Crippen molar-refractivity contribution >= 4 is 70.4 Å². The van der Waals surface area contributed by atoms with Crippen molar-refractivity contribution in [1.82, 2.24) is 4.57 Å². The number of rotatable bonds is 7. The van der Waals surface area contributed by atoms with Crippen molar-refractivity contribution in [3.05, 3.63) is 218 Å². The van der Waals surface area contributed by atoms with Crippen molar-refractivity contribution in [2.75, 3.05) is 4.90 Å². The third kappa shape index (κ3) is 5.80. The molecule has 0 fully saturated rings. The van der Waals surface area contributed by atoms with Crippen LogP contribution in [0.4, 0.5) is 17.1 Å². The summed E-state index contributed by atoms with van der Waals surface area (Å²) in [4.78, 5) is 2.36. The van der Waals surface area contributed by atoms with Crippen LogP contribution in [0.25, 0.3) is 81.0 Å². The van der Waals surface area contributed by atoms with E-state index in [0.29, 0.717) is 0 Å². The van der Waals surface area contributed by atoms with Crippen LogP contribution in [0.15, 0.2) is 218 Å². The van der Waals surface area contributed by atoms with Crippen molar-refractivity contribution in [1.29, 1.82) is 0 Å². The van der Waals surface area contributed by atoms with Gasteiger partial charge in [0.05, 0.1) is 16.7 Å². The molecule has 9 aromatic carbocycles. The molecule has 0 atom stereocenters. The van der Waals surface area contributed by atoms with Crippen molar-refractivity contribution in [2.45, 2.75) is 0 Å². The first-order chi connectivity index (χ1) is 28.3. The van der Waals surface area contributed by atoms with Crippen LogP contribution >= 0.6 is 11.3 Å². The second kappa shape index (κ2) is 13.8. The maximum absolute atomic E-state index is 2.41. The highest BCUT2D eigenvalue weighted by Crippen LogP contribution is 2.41. The molecular formula is C54H36N2S. The first-order valence-corrected chi connectivity index (χ1v) is 20.2. The maximum atomic E-state index is 2.41. The maximum Gasteiger partial charge on any atom is 0.0541 e. The lowest BCUT2D eigenvalue weighted by molar-refractivity contribution is 1.18. The number of hydrogen-bond donors (Lipinski definition) is 0. The van der Waals surface area contributed by atoms with Gasteiger partial charge in [-0.3, -0.25) is 0 Å². The summed E-state index contributed by atoms with van der Waals surface area (Å²) in [5, 5.41) is 5.18.